The first kappa shape index (κ1) is 15.2. The average Bonchev–Trinajstić information content (AvgIpc) is 2.46. The van der Waals surface area contributed by atoms with Gasteiger partial charge >= 0.3 is 0 Å². The topological polar surface area (TPSA) is 33.7 Å². The van der Waals surface area contributed by atoms with Crippen molar-refractivity contribution in [2.75, 3.05) is 53.0 Å². The second-order valence-corrected chi connectivity index (χ2v) is 6.17. The van der Waals surface area contributed by atoms with E-state index in [9.17, 15) is 0 Å². The van der Waals surface area contributed by atoms with Gasteiger partial charge in [-0.1, -0.05) is 6.92 Å². The van der Waals surface area contributed by atoms with Gasteiger partial charge in [-0.2, -0.15) is 0 Å². The van der Waals surface area contributed by atoms with Crippen LogP contribution in [0.15, 0.2) is 0 Å². The highest BCUT2D eigenvalue weighted by Gasteiger charge is 2.35. The molecule has 2 unspecified atom stereocenters. The number of methoxy groups -OCH3 is 1. The molecule has 0 aromatic carbocycles. The van der Waals surface area contributed by atoms with Crippen LogP contribution < -0.4 is 5.32 Å². The molecule has 112 valence electrons. The smallest absolute Gasteiger partial charge is 0.0698 e. The molecule has 19 heavy (non-hydrogen) atoms. The monoisotopic (exact) mass is 270 g/mol. The van der Waals surface area contributed by atoms with Crippen molar-refractivity contribution in [2.24, 2.45) is 5.41 Å². The first-order valence-corrected chi connectivity index (χ1v) is 7.81. The molecule has 4 nitrogen and oxygen atoms in total. The van der Waals surface area contributed by atoms with E-state index in [-0.39, 0.29) is 0 Å². The summed E-state index contributed by atoms with van der Waals surface area (Å²) in [6, 6.07) is 0. The first-order chi connectivity index (χ1) is 9.28. The van der Waals surface area contributed by atoms with Crippen LogP contribution >= 0.6 is 0 Å². The molecular weight excluding hydrogens is 240 g/mol. The van der Waals surface area contributed by atoms with Gasteiger partial charge < -0.3 is 19.7 Å². The van der Waals surface area contributed by atoms with E-state index in [1.165, 1.54) is 32.2 Å². The fourth-order valence-electron chi connectivity index (χ4n) is 3.44. The van der Waals surface area contributed by atoms with Gasteiger partial charge in [0.25, 0.3) is 0 Å². The van der Waals surface area contributed by atoms with Gasteiger partial charge in [-0.05, 0) is 38.8 Å². The van der Waals surface area contributed by atoms with Crippen molar-refractivity contribution in [1.29, 1.82) is 0 Å². The lowest BCUT2D eigenvalue weighted by Crippen LogP contribution is -2.52. The Labute approximate surface area is 117 Å². The summed E-state index contributed by atoms with van der Waals surface area (Å²) >= 11 is 0. The zero-order chi connectivity index (χ0) is 13.6. The number of hydrogen-bond donors (Lipinski definition) is 1. The summed E-state index contributed by atoms with van der Waals surface area (Å²) in [6.07, 6.45) is 5.39. The van der Waals surface area contributed by atoms with E-state index in [0.717, 1.165) is 39.4 Å². The maximum atomic E-state index is 5.78. The summed E-state index contributed by atoms with van der Waals surface area (Å²) in [6.45, 7) is 9.61. The van der Waals surface area contributed by atoms with Crippen molar-refractivity contribution in [2.45, 2.75) is 38.7 Å². The second kappa shape index (κ2) is 7.58. The zero-order valence-electron chi connectivity index (χ0n) is 12.6. The molecule has 2 aliphatic rings. The number of hydrogen-bond acceptors (Lipinski definition) is 4. The fourth-order valence-corrected chi connectivity index (χ4v) is 3.44. The Morgan fingerprint density at radius 2 is 2.32 bits per heavy atom. The van der Waals surface area contributed by atoms with Crippen molar-refractivity contribution in [3.8, 4) is 0 Å². The summed E-state index contributed by atoms with van der Waals surface area (Å²) in [4.78, 5) is 2.59. The van der Waals surface area contributed by atoms with Crippen LogP contribution in [0.1, 0.15) is 32.6 Å². The lowest BCUT2D eigenvalue weighted by atomic mass is 9.81. The predicted octanol–water partition coefficient (Wildman–Crippen LogP) is 1.50. The Morgan fingerprint density at radius 3 is 3.00 bits per heavy atom. The second-order valence-electron chi connectivity index (χ2n) is 6.17. The highest BCUT2D eigenvalue weighted by molar-refractivity contribution is 4.89. The molecule has 0 amide bonds. The molecule has 2 rings (SSSR count). The van der Waals surface area contributed by atoms with Gasteiger partial charge in [-0.3, -0.25) is 0 Å². The van der Waals surface area contributed by atoms with E-state index in [2.05, 4.69) is 17.1 Å². The molecule has 1 N–H and O–H groups in total. The van der Waals surface area contributed by atoms with Gasteiger partial charge in [0.2, 0.25) is 0 Å². The molecule has 0 aromatic rings. The minimum Gasteiger partial charge on any atom is -0.381 e. The number of rotatable bonds is 6. The molecule has 2 heterocycles. The van der Waals surface area contributed by atoms with Crippen LogP contribution in [0, 0.1) is 5.41 Å². The maximum absolute atomic E-state index is 5.78. The average molecular weight is 270 g/mol. The molecule has 2 saturated heterocycles. The summed E-state index contributed by atoms with van der Waals surface area (Å²) in [5.41, 5.74) is 0.309. The van der Waals surface area contributed by atoms with Crippen molar-refractivity contribution >= 4 is 0 Å². The van der Waals surface area contributed by atoms with Crippen molar-refractivity contribution in [1.82, 2.24) is 10.2 Å². The molecule has 2 atom stereocenters. The Morgan fingerprint density at radius 1 is 1.42 bits per heavy atom. The predicted molar refractivity (Wildman–Crippen MR) is 77.5 cm³/mol. The summed E-state index contributed by atoms with van der Waals surface area (Å²) in [5, 5.41) is 3.54. The van der Waals surface area contributed by atoms with Crippen LogP contribution in [0.2, 0.25) is 0 Å². The van der Waals surface area contributed by atoms with Crippen molar-refractivity contribution < 1.29 is 9.47 Å². The Hall–Kier alpha value is -0.160. The Kier molecular flexibility index (Phi) is 6.07. The van der Waals surface area contributed by atoms with E-state index >= 15 is 0 Å². The van der Waals surface area contributed by atoms with Crippen LogP contribution in [0.4, 0.5) is 0 Å². The Balaban J connectivity index is 1.90. The van der Waals surface area contributed by atoms with Crippen molar-refractivity contribution in [3.05, 3.63) is 0 Å². The third-order valence-electron chi connectivity index (χ3n) is 4.51. The summed E-state index contributed by atoms with van der Waals surface area (Å²) in [5.74, 6) is 0. The maximum Gasteiger partial charge on any atom is 0.0698 e. The first-order valence-electron chi connectivity index (χ1n) is 7.81. The molecule has 0 aromatic heterocycles. The van der Waals surface area contributed by atoms with E-state index in [1.807, 2.05) is 7.11 Å². The number of ether oxygens (including phenoxy) is 2. The number of likely N-dealkylation sites (tertiary alicyclic amines) is 1. The lowest BCUT2D eigenvalue weighted by Gasteiger charge is -2.43. The van der Waals surface area contributed by atoms with Gasteiger partial charge in [-0.25, -0.2) is 0 Å². The molecule has 0 saturated carbocycles. The molecule has 2 fully saturated rings. The van der Waals surface area contributed by atoms with Crippen LogP contribution in [0.5, 0.6) is 0 Å². The molecule has 4 heteroatoms. The van der Waals surface area contributed by atoms with Gasteiger partial charge in [-0.15, -0.1) is 0 Å². The number of piperidine rings is 1. The zero-order valence-corrected chi connectivity index (χ0v) is 12.6. The van der Waals surface area contributed by atoms with Crippen LogP contribution in [0.25, 0.3) is 0 Å². The van der Waals surface area contributed by atoms with Gasteiger partial charge in [0, 0.05) is 38.8 Å². The van der Waals surface area contributed by atoms with Crippen LogP contribution in [-0.4, -0.2) is 64.1 Å². The summed E-state index contributed by atoms with van der Waals surface area (Å²) < 4.78 is 11.3. The lowest BCUT2D eigenvalue weighted by molar-refractivity contribution is -0.0434. The van der Waals surface area contributed by atoms with E-state index in [1.54, 1.807) is 0 Å². The third-order valence-corrected chi connectivity index (χ3v) is 4.51. The van der Waals surface area contributed by atoms with Crippen LogP contribution in [0.3, 0.4) is 0 Å². The SMILES string of the molecule is CCNCC1(CN2CCCC(OC)C2)CCCOC1. The van der Waals surface area contributed by atoms with Crippen LogP contribution in [-0.2, 0) is 9.47 Å². The van der Waals surface area contributed by atoms with Gasteiger partial charge in [0.1, 0.15) is 0 Å². The number of nitrogens with zero attached hydrogens (tertiary/aromatic N) is 1. The summed E-state index contributed by atoms with van der Waals surface area (Å²) in [7, 11) is 1.84. The molecule has 2 aliphatic heterocycles. The molecule has 0 radical (unpaired) electrons. The standard InChI is InChI=1S/C15H30N2O2/c1-3-16-11-15(7-5-9-19-13-15)12-17-8-4-6-14(10-17)18-2/h14,16H,3-13H2,1-2H3. The highest BCUT2D eigenvalue weighted by atomic mass is 16.5. The Bertz CT molecular complexity index is 255. The highest BCUT2D eigenvalue weighted by Crippen LogP contribution is 2.30. The third kappa shape index (κ3) is 4.42. The molecule has 0 bridgehead atoms. The van der Waals surface area contributed by atoms with E-state index < -0.39 is 0 Å². The van der Waals surface area contributed by atoms with Gasteiger partial charge in [0.05, 0.1) is 12.7 Å². The quantitative estimate of drug-likeness (QED) is 0.793. The molecule has 0 spiro atoms. The normalized spacial score (nSPS) is 33.5. The number of nitrogens with one attached hydrogen (secondary N) is 1. The van der Waals surface area contributed by atoms with E-state index in [4.69, 9.17) is 9.47 Å². The fraction of sp³-hybridized carbons (Fsp3) is 1.00. The minimum absolute atomic E-state index is 0.309. The minimum atomic E-state index is 0.309. The van der Waals surface area contributed by atoms with Gasteiger partial charge in [0.15, 0.2) is 0 Å². The largest absolute Gasteiger partial charge is 0.381 e. The molecule has 0 aliphatic carbocycles. The molecular formula is C15H30N2O2. The van der Waals surface area contributed by atoms with E-state index in [0.29, 0.717) is 11.5 Å². The van der Waals surface area contributed by atoms with Crippen molar-refractivity contribution in [3.63, 3.8) is 0 Å².